The molecule has 2 unspecified atom stereocenters. The zero-order valence-electron chi connectivity index (χ0n) is 7.68. The van der Waals surface area contributed by atoms with Crippen molar-refractivity contribution < 1.29 is 4.74 Å². The van der Waals surface area contributed by atoms with Gasteiger partial charge in [0.05, 0.1) is 0 Å². The van der Waals surface area contributed by atoms with E-state index in [1.165, 1.54) is 6.42 Å². The molecule has 0 aromatic rings. The molecule has 1 fully saturated rings. The Morgan fingerprint density at radius 1 is 1.67 bits per heavy atom. The van der Waals surface area contributed by atoms with Gasteiger partial charge in [-0.2, -0.15) is 0 Å². The van der Waals surface area contributed by atoms with Crippen LogP contribution < -0.4 is 5.73 Å². The zero-order valence-corrected chi connectivity index (χ0v) is 7.68. The van der Waals surface area contributed by atoms with E-state index in [0.29, 0.717) is 5.92 Å². The summed E-state index contributed by atoms with van der Waals surface area (Å²) in [5, 5.41) is 0. The fraction of sp³-hybridized carbons (Fsp3) is 0.800. The molecule has 1 rings (SSSR count). The minimum Gasteiger partial charge on any atom is -0.381 e. The molecule has 0 amide bonds. The lowest BCUT2D eigenvalue weighted by atomic mass is 9.98. The smallest absolute Gasteiger partial charge is 0.0495 e. The van der Waals surface area contributed by atoms with E-state index in [4.69, 9.17) is 10.5 Å². The summed E-state index contributed by atoms with van der Waals surface area (Å²) in [7, 11) is 0. The SMILES string of the molecule is CC#CCC(N)CC1CCOC1. The lowest BCUT2D eigenvalue weighted by molar-refractivity contribution is 0.182. The van der Waals surface area contributed by atoms with Crippen LogP contribution in [0.2, 0.25) is 0 Å². The summed E-state index contributed by atoms with van der Waals surface area (Å²) in [5.41, 5.74) is 5.88. The van der Waals surface area contributed by atoms with E-state index < -0.39 is 0 Å². The Kier molecular flexibility index (Phi) is 4.13. The summed E-state index contributed by atoms with van der Waals surface area (Å²) in [5.74, 6) is 6.55. The summed E-state index contributed by atoms with van der Waals surface area (Å²) >= 11 is 0. The van der Waals surface area contributed by atoms with Gasteiger partial charge >= 0.3 is 0 Å². The number of nitrogens with two attached hydrogens (primary N) is 1. The standard InChI is InChI=1S/C10H17NO/c1-2-3-4-10(11)7-9-5-6-12-8-9/h9-10H,4-8,11H2,1H3. The summed E-state index contributed by atoms with van der Waals surface area (Å²) < 4.78 is 5.27. The van der Waals surface area contributed by atoms with Crippen LogP contribution in [0.5, 0.6) is 0 Å². The molecule has 2 N–H and O–H groups in total. The Hall–Kier alpha value is -0.520. The molecule has 2 nitrogen and oxygen atoms in total. The van der Waals surface area contributed by atoms with Crippen molar-refractivity contribution in [3.8, 4) is 11.8 Å². The first kappa shape index (κ1) is 9.57. The molecule has 1 aliphatic rings. The third-order valence-corrected chi connectivity index (χ3v) is 2.20. The first-order chi connectivity index (χ1) is 5.83. The molecule has 1 saturated heterocycles. The van der Waals surface area contributed by atoms with E-state index >= 15 is 0 Å². The van der Waals surface area contributed by atoms with Crippen LogP contribution in [0.1, 0.15) is 26.2 Å². The molecule has 0 aliphatic carbocycles. The van der Waals surface area contributed by atoms with Gasteiger partial charge in [-0.15, -0.1) is 11.8 Å². The van der Waals surface area contributed by atoms with Crippen molar-refractivity contribution in [2.75, 3.05) is 13.2 Å². The van der Waals surface area contributed by atoms with Crippen LogP contribution in [0.15, 0.2) is 0 Å². The van der Waals surface area contributed by atoms with E-state index in [-0.39, 0.29) is 6.04 Å². The van der Waals surface area contributed by atoms with Gasteiger partial charge in [0.15, 0.2) is 0 Å². The van der Waals surface area contributed by atoms with Crippen LogP contribution >= 0.6 is 0 Å². The predicted molar refractivity (Wildman–Crippen MR) is 49.6 cm³/mol. The minimum absolute atomic E-state index is 0.240. The molecule has 0 aromatic heterocycles. The summed E-state index contributed by atoms with van der Waals surface area (Å²) in [6.07, 6.45) is 3.06. The van der Waals surface area contributed by atoms with Crippen LogP contribution in [0.3, 0.4) is 0 Å². The number of ether oxygens (including phenoxy) is 1. The van der Waals surface area contributed by atoms with Crippen LogP contribution in [0, 0.1) is 17.8 Å². The molecule has 2 atom stereocenters. The van der Waals surface area contributed by atoms with Gasteiger partial charge in [0.2, 0.25) is 0 Å². The van der Waals surface area contributed by atoms with Gasteiger partial charge in [0.1, 0.15) is 0 Å². The van der Waals surface area contributed by atoms with E-state index in [0.717, 1.165) is 26.1 Å². The number of hydrogen-bond donors (Lipinski definition) is 1. The van der Waals surface area contributed by atoms with Gasteiger partial charge in [-0.05, 0) is 25.7 Å². The Bertz CT molecular complexity index is 174. The maximum Gasteiger partial charge on any atom is 0.0495 e. The van der Waals surface area contributed by atoms with Gasteiger partial charge in [-0.3, -0.25) is 0 Å². The highest BCUT2D eigenvalue weighted by Gasteiger charge is 2.17. The van der Waals surface area contributed by atoms with Gasteiger partial charge in [-0.1, -0.05) is 0 Å². The molecule has 0 saturated carbocycles. The van der Waals surface area contributed by atoms with Gasteiger partial charge in [0, 0.05) is 25.7 Å². The van der Waals surface area contributed by atoms with Crippen LogP contribution in [-0.2, 0) is 4.74 Å². The third kappa shape index (κ3) is 3.25. The fourth-order valence-electron chi connectivity index (χ4n) is 1.51. The second kappa shape index (κ2) is 5.18. The lowest BCUT2D eigenvalue weighted by Gasteiger charge is -2.11. The average Bonchev–Trinajstić information content (AvgIpc) is 2.53. The first-order valence-corrected chi connectivity index (χ1v) is 4.56. The third-order valence-electron chi connectivity index (χ3n) is 2.20. The monoisotopic (exact) mass is 167 g/mol. The second-order valence-electron chi connectivity index (χ2n) is 3.36. The van der Waals surface area contributed by atoms with Crippen LogP contribution in [-0.4, -0.2) is 19.3 Å². The molecule has 0 bridgehead atoms. The molecule has 0 radical (unpaired) electrons. The summed E-state index contributed by atoms with van der Waals surface area (Å²) in [6, 6.07) is 0.240. The maximum absolute atomic E-state index is 5.88. The van der Waals surface area contributed by atoms with Crippen molar-refractivity contribution in [1.29, 1.82) is 0 Å². The molecule has 0 aromatic carbocycles. The van der Waals surface area contributed by atoms with E-state index in [1.807, 2.05) is 6.92 Å². The highest BCUT2D eigenvalue weighted by atomic mass is 16.5. The van der Waals surface area contributed by atoms with Crippen molar-refractivity contribution in [2.45, 2.75) is 32.2 Å². The Morgan fingerprint density at radius 3 is 3.08 bits per heavy atom. The van der Waals surface area contributed by atoms with Crippen molar-refractivity contribution in [2.24, 2.45) is 11.7 Å². The van der Waals surface area contributed by atoms with Gasteiger partial charge in [-0.25, -0.2) is 0 Å². The molecule has 12 heavy (non-hydrogen) atoms. The van der Waals surface area contributed by atoms with Gasteiger partial charge in [0.25, 0.3) is 0 Å². The molecule has 1 aliphatic heterocycles. The normalized spacial score (nSPS) is 24.7. The maximum atomic E-state index is 5.88. The van der Waals surface area contributed by atoms with Crippen molar-refractivity contribution >= 4 is 0 Å². The van der Waals surface area contributed by atoms with E-state index in [1.54, 1.807) is 0 Å². The first-order valence-electron chi connectivity index (χ1n) is 4.56. The summed E-state index contributed by atoms with van der Waals surface area (Å²) in [4.78, 5) is 0. The number of rotatable bonds is 3. The largest absolute Gasteiger partial charge is 0.381 e. The van der Waals surface area contributed by atoms with E-state index in [2.05, 4.69) is 11.8 Å². The molecule has 0 spiro atoms. The fourth-order valence-corrected chi connectivity index (χ4v) is 1.51. The summed E-state index contributed by atoms with van der Waals surface area (Å²) in [6.45, 7) is 3.66. The topological polar surface area (TPSA) is 35.2 Å². The Balaban J connectivity index is 2.14. The van der Waals surface area contributed by atoms with Crippen molar-refractivity contribution in [1.82, 2.24) is 0 Å². The quantitative estimate of drug-likeness (QED) is 0.640. The van der Waals surface area contributed by atoms with Gasteiger partial charge < -0.3 is 10.5 Å². The minimum atomic E-state index is 0.240. The predicted octanol–water partition coefficient (Wildman–Crippen LogP) is 1.15. The molecule has 1 heterocycles. The van der Waals surface area contributed by atoms with Crippen molar-refractivity contribution in [3.05, 3.63) is 0 Å². The van der Waals surface area contributed by atoms with Crippen LogP contribution in [0.25, 0.3) is 0 Å². The van der Waals surface area contributed by atoms with Crippen molar-refractivity contribution in [3.63, 3.8) is 0 Å². The lowest BCUT2D eigenvalue weighted by Crippen LogP contribution is -2.23. The molecular formula is C10H17NO. The molecule has 2 heteroatoms. The second-order valence-corrected chi connectivity index (χ2v) is 3.36. The average molecular weight is 167 g/mol. The Morgan fingerprint density at radius 2 is 2.50 bits per heavy atom. The van der Waals surface area contributed by atoms with E-state index in [9.17, 15) is 0 Å². The van der Waals surface area contributed by atoms with Crippen LogP contribution in [0.4, 0.5) is 0 Å². The number of hydrogen-bond acceptors (Lipinski definition) is 2. The molecular weight excluding hydrogens is 150 g/mol. The zero-order chi connectivity index (χ0) is 8.81. The highest BCUT2D eigenvalue weighted by molar-refractivity contribution is 4.97. The molecule has 68 valence electrons. The highest BCUT2D eigenvalue weighted by Crippen LogP contribution is 2.18. The Labute approximate surface area is 74.5 Å².